The molecule has 2 heterocycles. The molecule has 1 saturated heterocycles. The summed E-state index contributed by atoms with van der Waals surface area (Å²) in [6.07, 6.45) is 10.0. The summed E-state index contributed by atoms with van der Waals surface area (Å²) in [7, 11) is 2.12. The molecule has 3 aromatic rings. The third-order valence-corrected chi connectivity index (χ3v) is 7.08. The van der Waals surface area contributed by atoms with E-state index in [1.807, 2.05) is 59.8 Å². The van der Waals surface area contributed by atoms with Gasteiger partial charge in [0.2, 0.25) is 5.95 Å². The number of likely N-dealkylation sites (N-methyl/N-ethyl adjacent to an activating group) is 1. The Morgan fingerprint density at radius 2 is 1.59 bits per heavy atom. The molecule has 1 amide bonds. The van der Waals surface area contributed by atoms with Crippen molar-refractivity contribution in [3.8, 4) is 11.1 Å². The van der Waals surface area contributed by atoms with Crippen molar-refractivity contribution in [3.63, 3.8) is 0 Å². The molecule has 0 spiro atoms. The summed E-state index contributed by atoms with van der Waals surface area (Å²) in [5.41, 5.74) is 3.86. The molecule has 1 saturated carbocycles. The van der Waals surface area contributed by atoms with Crippen LogP contribution in [0.1, 0.15) is 54.1 Å². The van der Waals surface area contributed by atoms with Crippen LogP contribution in [0.3, 0.4) is 0 Å². The van der Waals surface area contributed by atoms with Crippen molar-refractivity contribution < 1.29 is 4.79 Å². The summed E-state index contributed by atoms with van der Waals surface area (Å²) < 4.78 is 0. The van der Waals surface area contributed by atoms with Gasteiger partial charge in [-0.2, -0.15) is 0 Å². The number of hydrogen-bond acceptors (Lipinski definition) is 5. The van der Waals surface area contributed by atoms with Gasteiger partial charge in [0.25, 0.3) is 5.91 Å². The van der Waals surface area contributed by atoms with Gasteiger partial charge in [0.15, 0.2) is 0 Å². The van der Waals surface area contributed by atoms with Gasteiger partial charge in [-0.15, -0.1) is 0 Å². The molecular formula is C28H33N5O. The maximum Gasteiger partial charge on any atom is 0.254 e. The van der Waals surface area contributed by atoms with Crippen molar-refractivity contribution in [2.24, 2.45) is 0 Å². The lowest BCUT2D eigenvalue weighted by molar-refractivity contribution is 0.0498. The van der Waals surface area contributed by atoms with E-state index in [-0.39, 0.29) is 11.9 Å². The zero-order valence-electron chi connectivity index (χ0n) is 19.9. The first-order valence-corrected chi connectivity index (χ1v) is 12.4. The number of rotatable bonds is 5. The zero-order valence-corrected chi connectivity index (χ0v) is 19.9. The van der Waals surface area contributed by atoms with Crippen molar-refractivity contribution in [2.45, 2.75) is 44.2 Å². The first-order chi connectivity index (χ1) is 16.7. The molecule has 1 aliphatic carbocycles. The Balaban J connectivity index is 1.28. The first-order valence-electron chi connectivity index (χ1n) is 12.4. The molecule has 2 fully saturated rings. The van der Waals surface area contributed by atoms with Gasteiger partial charge in [-0.25, -0.2) is 9.97 Å². The number of nitrogens with zero attached hydrogens (tertiary/aromatic N) is 4. The number of anilines is 1. The Hall–Kier alpha value is -3.25. The number of carbonyl (C=O) groups excluding carboxylic acids is 1. The fraction of sp³-hybridized carbons (Fsp3) is 0.393. The topological polar surface area (TPSA) is 61.4 Å². The van der Waals surface area contributed by atoms with Gasteiger partial charge in [-0.3, -0.25) is 4.79 Å². The van der Waals surface area contributed by atoms with E-state index < -0.39 is 0 Å². The zero-order chi connectivity index (χ0) is 23.3. The smallest absolute Gasteiger partial charge is 0.254 e. The van der Waals surface area contributed by atoms with E-state index in [1.54, 1.807) is 0 Å². The van der Waals surface area contributed by atoms with E-state index in [0.29, 0.717) is 17.6 Å². The Morgan fingerprint density at radius 1 is 0.882 bits per heavy atom. The number of piperazine rings is 1. The average Bonchev–Trinajstić information content (AvgIpc) is 2.90. The van der Waals surface area contributed by atoms with E-state index in [4.69, 9.17) is 0 Å². The predicted octanol–water partition coefficient (Wildman–Crippen LogP) is 5.02. The molecule has 6 heteroatoms. The number of amides is 1. The highest BCUT2D eigenvalue weighted by atomic mass is 16.2. The van der Waals surface area contributed by atoms with Gasteiger partial charge in [0.1, 0.15) is 0 Å². The van der Waals surface area contributed by atoms with Gasteiger partial charge in [-0.1, -0.05) is 61.7 Å². The Labute approximate surface area is 202 Å². The third-order valence-electron chi connectivity index (χ3n) is 7.08. The standard InChI is InChI=1S/C28H33N5O/c1-32-16-17-33(26(20-32)22-8-4-2-5-9-22)27(34)23-14-12-21(13-15-23)24-18-29-28(30-19-24)31-25-10-6-3-7-11-25/h2,4-5,8-9,12-15,18-19,25-26H,3,6-7,10-11,16-17,20H2,1H3,(H,29,30,31)/t26-/m1/s1. The first kappa shape index (κ1) is 22.5. The van der Waals surface area contributed by atoms with Crippen LogP contribution in [0.4, 0.5) is 5.95 Å². The maximum atomic E-state index is 13.4. The Bertz CT molecular complexity index is 1080. The largest absolute Gasteiger partial charge is 0.351 e. The van der Waals surface area contributed by atoms with Gasteiger partial charge >= 0.3 is 0 Å². The van der Waals surface area contributed by atoms with Gasteiger partial charge < -0.3 is 15.1 Å². The predicted molar refractivity (Wildman–Crippen MR) is 136 cm³/mol. The normalized spacial score (nSPS) is 19.7. The van der Waals surface area contributed by atoms with E-state index in [1.165, 1.54) is 37.7 Å². The molecular weight excluding hydrogens is 422 g/mol. The lowest BCUT2D eigenvalue weighted by atomic mass is 9.96. The number of carbonyl (C=O) groups is 1. The monoisotopic (exact) mass is 455 g/mol. The third kappa shape index (κ3) is 5.12. The van der Waals surface area contributed by atoms with E-state index in [9.17, 15) is 4.79 Å². The van der Waals surface area contributed by atoms with Gasteiger partial charge in [-0.05, 0) is 43.1 Å². The van der Waals surface area contributed by atoms with Crippen LogP contribution >= 0.6 is 0 Å². The van der Waals surface area contributed by atoms with Crippen LogP contribution in [-0.2, 0) is 0 Å². The van der Waals surface area contributed by atoms with Crippen molar-refractivity contribution in [2.75, 3.05) is 32.0 Å². The molecule has 2 aliphatic rings. The fourth-order valence-corrected chi connectivity index (χ4v) is 5.08. The Morgan fingerprint density at radius 3 is 2.29 bits per heavy atom. The molecule has 1 N–H and O–H groups in total. The minimum atomic E-state index is 0.0599. The number of aromatic nitrogens is 2. The summed E-state index contributed by atoms with van der Waals surface area (Å²) in [5.74, 6) is 0.779. The second kappa shape index (κ2) is 10.3. The van der Waals surface area contributed by atoms with Crippen LogP contribution < -0.4 is 5.32 Å². The highest BCUT2D eigenvalue weighted by molar-refractivity contribution is 5.95. The molecule has 0 bridgehead atoms. The Kier molecular flexibility index (Phi) is 6.86. The summed E-state index contributed by atoms with van der Waals surface area (Å²) in [6, 6.07) is 18.7. The second-order valence-electron chi connectivity index (χ2n) is 9.54. The molecule has 1 aliphatic heterocycles. The van der Waals surface area contributed by atoms with Crippen LogP contribution in [-0.4, -0.2) is 58.4 Å². The van der Waals surface area contributed by atoms with Crippen molar-refractivity contribution in [3.05, 3.63) is 78.1 Å². The van der Waals surface area contributed by atoms with E-state index >= 15 is 0 Å². The lowest BCUT2D eigenvalue weighted by Gasteiger charge is -2.40. The summed E-state index contributed by atoms with van der Waals surface area (Å²) in [6.45, 7) is 2.44. The molecule has 1 atom stereocenters. The molecule has 176 valence electrons. The van der Waals surface area contributed by atoms with Gasteiger partial charge in [0, 0.05) is 49.2 Å². The highest BCUT2D eigenvalue weighted by Gasteiger charge is 2.30. The number of benzene rings is 2. The highest BCUT2D eigenvalue weighted by Crippen LogP contribution is 2.28. The van der Waals surface area contributed by atoms with Crippen LogP contribution in [0.5, 0.6) is 0 Å². The second-order valence-corrected chi connectivity index (χ2v) is 9.54. The van der Waals surface area contributed by atoms with Crippen LogP contribution in [0.2, 0.25) is 0 Å². The SMILES string of the molecule is CN1CCN(C(=O)c2ccc(-c3cnc(NC4CCCCC4)nc3)cc2)[C@@H](c2ccccc2)C1. The number of nitrogens with one attached hydrogen (secondary N) is 1. The summed E-state index contributed by atoms with van der Waals surface area (Å²) >= 11 is 0. The van der Waals surface area contributed by atoms with E-state index in [0.717, 1.165) is 30.8 Å². The van der Waals surface area contributed by atoms with Crippen molar-refractivity contribution >= 4 is 11.9 Å². The van der Waals surface area contributed by atoms with Crippen LogP contribution in [0.25, 0.3) is 11.1 Å². The summed E-state index contributed by atoms with van der Waals surface area (Å²) in [5, 5.41) is 3.46. The van der Waals surface area contributed by atoms with E-state index in [2.05, 4.69) is 39.4 Å². The molecule has 34 heavy (non-hydrogen) atoms. The minimum Gasteiger partial charge on any atom is -0.351 e. The molecule has 6 nitrogen and oxygen atoms in total. The van der Waals surface area contributed by atoms with Crippen LogP contribution in [0.15, 0.2) is 67.0 Å². The van der Waals surface area contributed by atoms with Crippen molar-refractivity contribution in [1.82, 2.24) is 19.8 Å². The fourth-order valence-electron chi connectivity index (χ4n) is 5.08. The maximum absolute atomic E-state index is 13.4. The molecule has 0 unspecified atom stereocenters. The lowest BCUT2D eigenvalue weighted by Crippen LogP contribution is -2.49. The molecule has 2 aromatic carbocycles. The van der Waals surface area contributed by atoms with Gasteiger partial charge in [0.05, 0.1) is 6.04 Å². The van der Waals surface area contributed by atoms with Crippen molar-refractivity contribution in [1.29, 1.82) is 0 Å². The van der Waals surface area contributed by atoms with Crippen LogP contribution in [0, 0.1) is 0 Å². The number of hydrogen-bond donors (Lipinski definition) is 1. The quantitative estimate of drug-likeness (QED) is 0.586. The average molecular weight is 456 g/mol. The molecule has 5 rings (SSSR count). The summed E-state index contributed by atoms with van der Waals surface area (Å²) in [4.78, 5) is 26.8. The minimum absolute atomic E-state index is 0.0599. The molecule has 1 aromatic heterocycles. The molecule has 0 radical (unpaired) electrons.